The largest absolute Gasteiger partial charge is 0.461 e. The molecule has 0 bridgehead atoms. The van der Waals surface area contributed by atoms with E-state index in [-0.39, 0.29) is 24.0 Å². The van der Waals surface area contributed by atoms with Gasteiger partial charge in [-0.15, -0.1) is 11.3 Å². The minimum atomic E-state index is -0.240. The molecule has 1 amide bonds. The Balaban J connectivity index is 1.28. The fourth-order valence-corrected chi connectivity index (χ4v) is 8.00. The van der Waals surface area contributed by atoms with Crippen LogP contribution >= 0.6 is 11.3 Å². The number of ether oxygens (including phenoxy) is 1. The summed E-state index contributed by atoms with van der Waals surface area (Å²) in [5.41, 5.74) is 3.20. The van der Waals surface area contributed by atoms with E-state index in [1.807, 2.05) is 0 Å². The normalized spacial score (nSPS) is 20.1. The third-order valence-electron chi connectivity index (χ3n) is 9.29. The first kappa shape index (κ1) is 26.9. The summed E-state index contributed by atoms with van der Waals surface area (Å²) in [5.74, 6) is 0.659. The molecule has 0 aliphatic carbocycles. The number of thiophene rings is 1. The highest BCUT2D eigenvalue weighted by molar-refractivity contribution is 7.17. The predicted octanol–water partition coefficient (Wildman–Crippen LogP) is 5.64. The molecule has 3 aliphatic rings. The average molecular weight is 579 g/mol. The van der Waals surface area contributed by atoms with Gasteiger partial charge in [0, 0.05) is 35.1 Å². The Labute approximate surface area is 250 Å². The molecule has 4 aromatic rings. The fourth-order valence-electron chi connectivity index (χ4n) is 7.19. The number of hydrogen-bond donors (Lipinski definition) is 0. The third-order valence-corrected chi connectivity index (χ3v) is 10.2. The third kappa shape index (κ3) is 4.69. The van der Waals surface area contributed by atoms with Gasteiger partial charge in [-0.2, -0.15) is 9.97 Å². The summed E-state index contributed by atoms with van der Waals surface area (Å²) >= 11 is 1.75. The molecule has 3 saturated heterocycles. The minimum absolute atomic E-state index is 0.0896. The smallest absolute Gasteiger partial charge is 0.319 e. The van der Waals surface area contributed by atoms with E-state index in [0.29, 0.717) is 32.3 Å². The molecule has 1 atom stereocenters. The van der Waals surface area contributed by atoms with Crippen LogP contribution < -0.4 is 9.64 Å². The maximum absolute atomic E-state index is 12.5. The molecule has 42 heavy (non-hydrogen) atoms. The highest BCUT2D eigenvalue weighted by atomic mass is 32.1. The van der Waals surface area contributed by atoms with Crippen LogP contribution in [0.3, 0.4) is 0 Å². The van der Waals surface area contributed by atoms with Crippen molar-refractivity contribution in [2.24, 2.45) is 0 Å². The maximum Gasteiger partial charge on any atom is 0.319 e. The van der Waals surface area contributed by atoms with E-state index in [0.717, 1.165) is 48.2 Å². The van der Waals surface area contributed by atoms with Gasteiger partial charge in [0.25, 0.3) is 0 Å². The number of piperazine rings is 1. The molecule has 0 unspecified atom stereocenters. The van der Waals surface area contributed by atoms with Gasteiger partial charge < -0.3 is 19.4 Å². The van der Waals surface area contributed by atoms with Crippen molar-refractivity contribution in [2.45, 2.75) is 37.3 Å². The number of amides is 1. The van der Waals surface area contributed by atoms with Crippen LogP contribution in [-0.2, 0) is 4.79 Å². The van der Waals surface area contributed by atoms with Gasteiger partial charge in [-0.05, 0) is 85.6 Å². The highest BCUT2D eigenvalue weighted by Crippen LogP contribution is 2.40. The van der Waals surface area contributed by atoms with Crippen molar-refractivity contribution in [1.82, 2.24) is 19.8 Å². The second-order valence-electron chi connectivity index (χ2n) is 11.6. The molecule has 3 aliphatic heterocycles. The van der Waals surface area contributed by atoms with Gasteiger partial charge in [0.1, 0.15) is 18.5 Å². The van der Waals surface area contributed by atoms with Crippen molar-refractivity contribution < 1.29 is 9.53 Å². The number of anilines is 1. The van der Waals surface area contributed by atoms with Crippen molar-refractivity contribution in [2.75, 3.05) is 50.8 Å². The number of rotatable bonds is 7. The van der Waals surface area contributed by atoms with E-state index < -0.39 is 0 Å². The van der Waals surface area contributed by atoms with Crippen molar-refractivity contribution in [3.63, 3.8) is 0 Å². The number of hydrogen-bond acceptors (Lipinski definition) is 7. The number of nitrogens with zero attached hydrogens (tertiary/aromatic N) is 6. The lowest BCUT2D eigenvalue weighted by atomic mass is 9.95. The topological polar surface area (TPSA) is 66.2 Å². The summed E-state index contributed by atoms with van der Waals surface area (Å²) in [6.07, 6.45) is 6.06. The van der Waals surface area contributed by atoms with E-state index in [9.17, 15) is 4.79 Å². The molecule has 0 N–H and O–H groups in total. The Kier molecular flexibility index (Phi) is 7.04. The standard InChI is InChI=1S/C33H34N6O2S/c1-3-30(40)39-17-16-37(21-24(39)20-34-2)31-27-10-9-23(25-7-4-8-29-26(25)11-18-42-29)19-28(27)35-32(36-31)41-22-33-12-5-14-38(33)15-6-13-33/h3-4,7-11,18-19,24H,1,5-6,12-17,20-22H2/t24-/m0/s1. The molecule has 2 aromatic heterocycles. The Hall–Kier alpha value is -4.00. The molecule has 9 heteroatoms. The van der Waals surface area contributed by atoms with Gasteiger partial charge in [0.2, 0.25) is 12.5 Å². The van der Waals surface area contributed by atoms with E-state index in [1.165, 1.54) is 34.6 Å². The summed E-state index contributed by atoms with van der Waals surface area (Å²) in [7, 11) is 0. The second-order valence-corrected chi connectivity index (χ2v) is 12.5. The first-order valence-electron chi connectivity index (χ1n) is 14.8. The van der Waals surface area contributed by atoms with Gasteiger partial charge in [-0.25, -0.2) is 6.57 Å². The lowest BCUT2D eigenvalue weighted by molar-refractivity contribution is -0.128. The van der Waals surface area contributed by atoms with E-state index >= 15 is 0 Å². The summed E-state index contributed by atoms with van der Waals surface area (Å²) in [5, 5.41) is 4.31. The second kappa shape index (κ2) is 11.0. The van der Waals surface area contributed by atoms with Gasteiger partial charge >= 0.3 is 6.01 Å². The van der Waals surface area contributed by atoms with Crippen LogP contribution in [0.25, 0.3) is 37.0 Å². The maximum atomic E-state index is 12.5. The predicted molar refractivity (Wildman–Crippen MR) is 168 cm³/mol. The van der Waals surface area contributed by atoms with Gasteiger partial charge in [0.05, 0.1) is 11.1 Å². The summed E-state index contributed by atoms with van der Waals surface area (Å²) < 4.78 is 7.73. The molecule has 0 radical (unpaired) electrons. The van der Waals surface area contributed by atoms with Crippen molar-refractivity contribution in [1.29, 1.82) is 0 Å². The lowest BCUT2D eigenvalue weighted by Crippen LogP contribution is -2.56. The Bertz CT molecular complexity index is 1700. The number of carbonyl (C=O) groups excluding carboxylic acids is 1. The molecule has 5 heterocycles. The SMILES string of the molecule is [C-]#[N+]C[C@H]1CN(c2nc(OCC34CCCN3CCC4)nc3cc(-c4cccc5sccc45)ccc23)CCN1C(=O)C=C. The van der Waals surface area contributed by atoms with Crippen LogP contribution in [0.15, 0.2) is 60.5 Å². The molecular formula is C33H34N6O2S. The van der Waals surface area contributed by atoms with Gasteiger partial charge in [-0.1, -0.05) is 24.8 Å². The molecule has 2 aromatic carbocycles. The van der Waals surface area contributed by atoms with E-state index in [2.05, 4.69) is 69.1 Å². The van der Waals surface area contributed by atoms with Crippen LogP contribution in [-0.4, -0.2) is 83.1 Å². The molecular weight excluding hydrogens is 544 g/mol. The molecule has 0 saturated carbocycles. The monoisotopic (exact) mass is 578 g/mol. The van der Waals surface area contributed by atoms with E-state index in [4.69, 9.17) is 21.3 Å². The fraction of sp³-hybridized carbons (Fsp3) is 0.394. The molecule has 214 valence electrons. The highest BCUT2D eigenvalue weighted by Gasteiger charge is 2.45. The first-order chi connectivity index (χ1) is 20.6. The van der Waals surface area contributed by atoms with Gasteiger partial charge in [0.15, 0.2) is 0 Å². The Morgan fingerprint density at radius 2 is 1.98 bits per heavy atom. The van der Waals surface area contributed by atoms with Crippen molar-refractivity contribution >= 4 is 44.1 Å². The minimum Gasteiger partial charge on any atom is -0.461 e. The number of aromatic nitrogens is 2. The lowest BCUT2D eigenvalue weighted by Gasteiger charge is -2.39. The quantitative estimate of drug-likeness (QED) is 0.209. The number of benzene rings is 2. The molecule has 7 rings (SSSR count). The van der Waals surface area contributed by atoms with Crippen LogP contribution in [0.4, 0.5) is 5.82 Å². The number of carbonyl (C=O) groups is 1. The van der Waals surface area contributed by atoms with Crippen LogP contribution in [0.1, 0.15) is 25.7 Å². The zero-order valence-electron chi connectivity index (χ0n) is 23.7. The zero-order chi connectivity index (χ0) is 28.7. The Morgan fingerprint density at radius 3 is 2.79 bits per heavy atom. The summed E-state index contributed by atoms with van der Waals surface area (Å²) in [4.78, 5) is 32.7. The van der Waals surface area contributed by atoms with Crippen LogP contribution in [0.2, 0.25) is 0 Å². The summed E-state index contributed by atoms with van der Waals surface area (Å²) in [6.45, 7) is 15.9. The molecule has 3 fully saturated rings. The number of fused-ring (bicyclic) bond motifs is 3. The van der Waals surface area contributed by atoms with Crippen LogP contribution in [0, 0.1) is 6.57 Å². The zero-order valence-corrected chi connectivity index (χ0v) is 24.5. The van der Waals surface area contributed by atoms with Crippen LogP contribution in [0.5, 0.6) is 6.01 Å². The Morgan fingerprint density at radius 1 is 1.12 bits per heavy atom. The molecule has 8 nitrogen and oxygen atoms in total. The van der Waals surface area contributed by atoms with Crippen molar-refractivity contribution in [3.8, 4) is 17.1 Å². The van der Waals surface area contributed by atoms with Gasteiger partial charge in [-0.3, -0.25) is 9.69 Å². The van der Waals surface area contributed by atoms with E-state index in [1.54, 1.807) is 16.2 Å². The van der Waals surface area contributed by atoms with Crippen molar-refractivity contribution in [3.05, 3.63) is 71.9 Å². The summed E-state index contributed by atoms with van der Waals surface area (Å²) in [6, 6.07) is 15.1. The molecule has 0 spiro atoms. The average Bonchev–Trinajstić information content (AvgIpc) is 3.75. The first-order valence-corrected chi connectivity index (χ1v) is 15.6.